The molecule has 0 bridgehead atoms. The Balaban J connectivity index is 1.43. The third-order valence-corrected chi connectivity index (χ3v) is 4.66. The summed E-state index contributed by atoms with van der Waals surface area (Å²) in [5.41, 5.74) is 0.651. The van der Waals surface area contributed by atoms with Crippen molar-refractivity contribution < 1.29 is 23.8 Å². The third-order valence-electron chi connectivity index (χ3n) is 4.66. The molecular formula is C21H19N3O6. The van der Waals surface area contributed by atoms with Crippen LogP contribution in [0.25, 0.3) is 10.8 Å². The van der Waals surface area contributed by atoms with Gasteiger partial charge in [0.1, 0.15) is 0 Å². The highest BCUT2D eigenvalue weighted by molar-refractivity contribution is 5.95. The molecule has 1 N–H and O–H groups in total. The Morgan fingerprint density at radius 1 is 1.17 bits per heavy atom. The summed E-state index contributed by atoms with van der Waals surface area (Å²) in [6.07, 6.45) is -1.20. The van der Waals surface area contributed by atoms with Gasteiger partial charge in [0.2, 0.25) is 6.79 Å². The van der Waals surface area contributed by atoms with E-state index in [-0.39, 0.29) is 18.8 Å². The molecule has 9 nitrogen and oxygen atoms in total. The van der Waals surface area contributed by atoms with Crippen LogP contribution in [0.3, 0.4) is 0 Å². The molecule has 1 unspecified atom stereocenters. The molecule has 0 saturated heterocycles. The first kappa shape index (κ1) is 19.4. The molecule has 9 heteroatoms. The molecule has 1 amide bonds. The molecule has 1 aliphatic heterocycles. The largest absolute Gasteiger partial charge is 0.454 e. The Morgan fingerprint density at radius 2 is 1.90 bits per heavy atom. The average Bonchev–Trinajstić information content (AvgIpc) is 3.19. The van der Waals surface area contributed by atoms with Crippen LogP contribution < -0.4 is 20.3 Å². The molecule has 3 aromatic rings. The molecule has 154 valence electrons. The number of fused-ring (bicyclic) bond motifs is 2. The van der Waals surface area contributed by atoms with Crippen molar-refractivity contribution in [3.8, 4) is 11.5 Å². The molecule has 30 heavy (non-hydrogen) atoms. The number of aromatic nitrogens is 2. The fourth-order valence-electron chi connectivity index (χ4n) is 3.15. The van der Waals surface area contributed by atoms with Crippen LogP contribution in [0.2, 0.25) is 0 Å². The zero-order chi connectivity index (χ0) is 21.3. The molecular weight excluding hydrogens is 390 g/mol. The number of rotatable bonds is 5. The average molecular weight is 409 g/mol. The van der Waals surface area contributed by atoms with E-state index in [9.17, 15) is 14.4 Å². The van der Waals surface area contributed by atoms with Gasteiger partial charge in [-0.2, -0.15) is 5.10 Å². The van der Waals surface area contributed by atoms with Crippen molar-refractivity contribution in [3.05, 3.63) is 58.5 Å². The lowest BCUT2D eigenvalue weighted by atomic mass is 10.1. The van der Waals surface area contributed by atoms with Gasteiger partial charge in [-0.25, -0.2) is 4.68 Å². The van der Waals surface area contributed by atoms with Crippen LogP contribution in [0, 0.1) is 0 Å². The van der Waals surface area contributed by atoms with E-state index in [1.807, 2.05) is 0 Å². The summed E-state index contributed by atoms with van der Waals surface area (Å²) in [5, 5.41) is 7.89. The summed E-state index contributed by atoms with van der Waals surface area (Å²) in [6.45, 7) is 1.61. The number of nitrogens with zero attached hydrogens (tertiary/aromatic N) is 2. The highest BCUT2D eigenvalue weighted by atomic mass is 16.7. The summed E-state index contributed by atoms with van der Waals surface area (Å²) in [7, 11) is 1.52. The lowest BCUT2D eigenvalue weighted by Crippen LogP contribution is -2.31. The second-order valence-corrected chi connectivity index (χ2v) is 6.79. The summed E-state index contributed by atoms with van der Waals surface area (Å²) in [5.74, 6) is 0.0229. The van der Waals surface area contributed by atoms with Gasteiger partial charge in [-0.1, -0.05) is 18.2 Å². The van der Waals surface area contributed by atoms with Gasteiger partial charge < -0.3 is 19.5 Å². The summed E-state index contributed by atoms with van der Waals surface area (Å²) in [6, 6.07) is 11.9. The first-order valence-corrected chi connectivity index (χ1v) is 9.27. The predicted molar refractivity (Wildman–Crippen MR) is 107 cm³/mol. The second kappa shape index (κ2) is 7.86. The van der Waals surface area contributed by atoms with Crippen molar-refractivity contribution in [2.24, 2.45) is 7.05 Å². The molecule has 1 aliphatic rings. The Hall–Kier alpha value is -3.88. The summed E-state index contributed by atoms with van der Waals surface area (Å²) < 4.78 is 17.0. The van der Waals surface area contributed by atoms with Gasteiger partial charge in [0.05, 0.1) is 17.5 Å². The van der Waals surface area contributed by atoms with Crippen molar-refractivity contribution in [3.63, 3.8) is 0 Å². The van der Waals surface area contributed by atoms with Crippen LogP contribution in [0.1, 0.15) is 12.6 Å². The van der Waals surface area contributed by atoms with E-state index in [1.165, 1.54) is 18.7 Å². The van der Waals surface area contributed by atoms with E-state index >= 15 is 0 Å². The van der Waals surface area contributed by atoms with Crippen LogP contribution in [-0.2, 0) is 27.8 Å². The first-order chi connectivity index (χ1) is 14.4. The van der Waals surface area contributed by atoms with E-state index in [4.69, 9.17) is 14.2 Å². The van der Waals surface area contributed by atoms with Crippen LogP contribution in [-0.4, -0.2) is 34.6 Å². The minimum absolute atomic E-state index is 0.133. The number of hydrogen-bond donors (Lipinski definition) is 1. The number of nitrogens with one attached hydrogen (secondary N) is 1. The van der Waals surface area contributed by atoms with Gasteiger partial charge in [-0.3, -0.25) is 14.4 Å². The summed E-state index contributed by atoms with van der Waals surface area (Å²) >= 11 is 0. The number of esters is 1. The van der Waals surface area contributed by atoms with Gasteiger partial charge in [0.25, 0.3) is 11.5 Å². The SMILES string of the molecule is CC(OC(=O)Cc1nn(C)c(=O)c2ccccc12)C(=O)Nc1ccc2c(c1)OCO2. The van der Waals surface area contributed by atoms with Crippen LogP contribution in [0.5, 0.6) is 11.5 Å². The number of aryl methyl sites for hydroxylation is 1. The molecule has 2 aromatic carbocycles. The number of hydrogen-bond acceptors (Lipinski definition) is 7. The quantitative estimate of drug-likeness (QED) is 0.640. The number of benzene rings is 2. The normalized spacial score (nSPS) is 13.1. The molecule has 2 heterocycles. The van der Waals surface area contributed by atoms with Gasteiger partial charge in [-0.15, -0.1) is 0 Å². The Labute approximate surface area is 171 Å². The van der Waals surface area contributed by atoms with Crippen molar-refractivity contribution in [2.75, 3.05) is 12.1 Å². The fraction of sp³-hybridized carbons (Fsp3) is 0.238. The van der Waals surface area contributed by atoms with Crippen molar-refractivity contribution in [1.82, 2.24) is 9.78 Å². The highest BCUT2D eigenvalue weighted by Gasteiger charge is 2.21. The lowest BCUT2D eigenvalue weighted by molar-refractivity contribution is -0.152. The minimum atomic E-state index is -1.03. The van der Waals surface area contributed by atoms with Gasteiger partial charge in [0.15, 0.2) is 17.6 Å². The molecule has 0 aliphatic carbocycles. The molecule has 1 atom stereocenters. The molecule has 0 spiro atoms. The predicted octanol–water partition coefficient (Wildman–Crippen LogP) is 1.78. The summed E-state index contributed by atoms with van der Waals surface area (Å²) in [4.78, 5) is 37.0. The smallest absolute Gasteiger partial charge is 0.312 e. The molecule has 4 rings (SSSR count). The maximum Gasteiger partial charge on any atom is 0.312 e. The lowest BCUT2D eigenvalue weighted by Gasteiger charge is -2.14. The maximum absolute atomic E-state index is 12.4. The van der Waals surface area contributed by atoms with E-state index in [0.29, 0.717) is 33.7 Å². The van der Waals surface area contributed by atoms with Crippen LogP contribution >= 0.6 is 0 Å². The number of anilines is 1. The Bertz CT molecular complexity index is 1200. The topological polar surface area (TPSA) is 109 Å². The van der Waals surface area contributed by atoms with Gasteiger partial charge >= 0.3 is 5.97 Å². The van der Waals surface area contributed by atoms with E-state index in [1.54, 1.807) is 42.5 Å². The van der Waals surface area contributed by atoms with Crippen LogP contribution in [0.15, 0.2) is 47.3 Å². The maximum atomic E-state index is 12.4. The Morgan fingerprint density at radius 3 is 2.70 bits per heavy atom. The van der Waals surface area contributed by atoms with Crippen molar-refractivity contribution in [2.45, 2.75) is 19.4 Å². The molecule has 1 aromatic heterocycles. The molecule has 0 saturated carbocycles. The number of amides is 1. The molecule has 0 radical (unpaired) electrons. The fourth-order valence-corrected chi connectivity index (χ4v) is 3.15. The third kappa shape index (κ3) is 3.82. The number of ether oxygens (including phenoxy) is 3. The van der Waals surface area contributed by atoms with Crippen molar-refractivity contribution >= 4 is 28.3 Å². The molecule has 0 fully saturated rings. The van der Waals surface area contributed by atoms with Crippen molar-refractivity contribution in [1.29, 1.82) is 0 Å². The van der Waals surface area contributed by atoms with Gasteiger partial charge in [-0.05, 0) is 25.1 Å². The zero-order valence-electron chi connectivity index (χ0n) is 16.4. The highest BCUT2D eigenvalue weighted by Crippen LogP contribution is 2.34. The zero-order valence-corrected chi connectivity index (χ0v) is 16.4. The number of carbonyl (C=O) groups excluding carboxylic acids is 2. The van der Waals surface area contributed by atoms with Crippen LogP contribution in [0.4, 0.5) is 5.69 Å². The van der Waals surface area contributed by atoms with E-state index in [0.717, 1.165) is 0 Å². The second-order valence-electron chi connectivity index (χ2n) is 6.79. The van der Waals surface area contributed by atoms with E-state index < -0.39 is 18.0 Å². The minimum Gasteiger partial charge on any atom is -0.454 e. The standard InChI is InChI=1S/C21H19N3O6/c1-12(20(26)22-13-7-8-17-18(9-13)29-11-28-17)30-19(25)10-16-14-5-3-4-6-15(14)21(27)24(2)23-16/h3-9,12H,10-11H2,1-2H3,(H,22,26). The Kier molecular flexibility index (Phi) is 5.09. The van der Waals surface area contributed by atoms with Gasteiger partial charge in [0, 0.05) is 24.2 Å². The van der Waals surface area contributed by atoms with E-state index in [2.05, 4.69) is 10.4 Å². The monoisotopic (exact) mass is 409 g/mol. The first-order valence-electron chi connectivity index (χ1n) is 9.27. The number of carbonyl (C=O) groups is 2.